The second-order valence-corrected chi connectivity index (χ2v) is 7.13. The lowest BCUT2D eigenvalue weighted by Crippen LogP contribution is -2.32. The molecule has 3 rings (SSSR count). The molecule has 2 aromatic carbocycles. The molecule has 0 aromatic heterocycles. The number of hydrogen-bond donors (Lipinski definition) is 1. The fourth-order valence-corrected chi connectivity index (χ4v) is 3.35. The molecule has 0 saturated heterocycles. The van der Waals surface area contributed by atoms with Crippen LogP contribution in [0.1, 0.15) is 39.1 Å². The molecule has 0 unspecified atom stereocenters. The molecule has 8 nitrogen and oxygen atoms in total. The van der Waals surface area contributed by atoms with Gasteiger partial charge in [0.2, 0.25) is 5.91 Å². The van der Waals surface area contributed by atoms with Crippen molar-refractivity contribution in [3.8, 4) is 0 Å². The average molecular weight is 446 g/mol. The molecule has 1 heterocycles. The first-order valence-electron chi connectivity index (χ1n) is 8.53. The molecular weight excluding hydrogens is 430 g/mol. The highest BCUT2D eigenvalue weighted by Gasteiger charge is 2.35. The summed E-state index contributed by atoms with van der Waals surface area (Å²) in [4.78, 5) is 48.3. The summed E-state index contributed by atoms with van der Waals surface area (Å²) in [5.41, 5.74) is 1.06. The van der Waals surface area contributed by atoms with Gasteiger partial charge in [-0.2, -0.15) is 0 Å². The second kappa shape index (κ2) is 8.30. The summed E-state index contributed by atoms with van der Waals surface area (Å²) in [6.45, 7) is 0.167. The molecular formula is C19H16BrN3O5. The molecule has 144 valence electrons. The summed E-state index contributed by atoms with van der Waals surface area (Å²) in [7, 11) is 0. The van der Waals surface area contributed by atoms with Gasteiger partial charge in [-0.3, -0.25) is 29.4 Å². The van der Waals surface area contributed by atoms with Crippen molar-refractivity contribution < 1.29 is 19.3 Å². The Hall–Kier alpha value is -3.07. The molecule has 0 radical (unpaired) electrons. The highest BCUT2D eigenvalue weighted by molar-refractivity contribution is 9.10. The number of nitrogens with one attached hydrogen (secondary N) is 1. The molecule has 28 heavy (non-hydrogen) atoms. The van der Waals surface area contributed by atoms with Gasteiger partial charge in [0.1, 0.15) is 0 Å². The standard InChI is InChI=1S/C19H16BrN3O5/c20-13-7-8-14-15(10-13)19(26)22(18(14)25)9-3-6-17(24)21-11-12-4-1-2-5-16(12)23(27)28/h1-2,4-5,7-8,10H,3,6,9,11H2,(H,21,24). The Bertz CT molecular complexity index is 976. The summed E-state index contributed by atoms with van der Waals surface area (Å²) in [6.07, 6.45) is 0.396. The van der Waals surface area contributed by atoms with Gasteiger partial charge in [0.05, 0.1) is 16.1 Å². The van der Waals surface area contributed by atoms with E-state index < -0.39 is 4.92 Å². The van der Waals surface area contributed by atoms with E-state index in [1.807, 2.05) is 0 Å². The highest BCUT2D eigenvalue weighted by Crippen LogP contribution is 2.26. The van der Waals surface area contributed by atoms with Crippen molar-refractivity contribution in [2.24, 2.45) is 0 Å². The number of para-hydroxylation sites is 1. The number of rotatable bonds is 7. The Morgan fingerprint density at radius 2 is 1.82 bits per heavy atom. The summed E-state index contributed by atoms with van der Waals surface area (Å²) < 4.78 is 0.712. The number of fused-ring (bicyclic) bond motifs is 1. The molecule has 9 heteroatoms. The second-order valence-electron chi connectivity index (χ2n) is 6.22. The van der Waals surface area contributed by atoms with Gasteiger partial charge in [0.15, 0.2) is 0 Å². The minimum absolute atomic E-state index is 0.0387. The number of carbonyl (C=O) groups excluding carboxylic acids is 3. The van der Waals surface area contributed by atoms with E-state index in [4.69, 9.17) is 0 Å². The zero-order chi connectivity index (χ0) is 20.3. The zero-order valence-corrected chi connectivity index (χ0v) is 16.3. The minimum Gasteiger partial charge on any atom is -0.352 e. The first-order valence-corrected chi connectivity index (χ1v) is 9.32. The molecule has 3 amide bonds. The number of nitro benzene ring substituents is 1. The van der Waals surface area contributed by atoms with Crippen molar-refractivity contribution in [2.45, 2.75) is 19.4 Å². The quantitative estimate of drug-likeness (QED) is 0.400. The van der Waals surface area contributed by atoms with E-state index >= 15 is 0 Å². The summed E-state index contributed by atoms with van der Waals surface area (Å²) in [6, 6.07) is 11.1. The van der Waals surface area contributed by atoms with Crippen molar-refractivity contribution in [1.82, 2.24) is 10.2 Å². The molecule has 0 bridgehead atoms. The van der Waals surface area contributed by atoms with Crippen molar-refractivity contribution in [1.29, 1.82) is 0 Å². The molecule has 2 aromatic rings. The summed E-state index contributed by atoms with van der Waals surface area (Å²) in [5.74, 6) is -1.05. The van der Waals surface area contributed by atoms with Gasteiger partial charge in [-0.15, -0.1) is 0 Å². The van der Waals surface area contributed by atoms with Crippen LogP contribution in [-0.4, -0.2) is 34.1 Å². The normalized spacial score (nSPS) is 12.8. The molecule has 0 spiro atoms. The molecule has 1 aliphatic rings. The molecule has 0 aliphatic carbocycles. The lowest BCUT2D eigenvalue weighted by Gasteiger charge is -2.13. The first kappa shape index (κ1) is 19.7. The highest BCUT2D eigenvalue weighted by atomic mass is 79.9. The number of carbonyl (C=O) groups is 3. The first-order chi connectivity index (χ1) is 13.4. The van der Waals surface area contributed by atoms with E-state index in [1.54, 1.807) is 36.4 Å². The van der Waals surface area contributed by atoms with Crippen molar-refractivity contribution in [2.75, 3.05) is 6.54 Å². The number of amides is 3. The van der Waals surface area contributed by atoms with E-state index in [-0.39, 0.29) is 42.9 Å². The van der Waals surface area contributed by atoms with Gasteiger partial charge in [-0.25, -0.2) is 0 Å². The van der Waals surface area contributed by atoms with Crippen LogP contribution >= 0.6 is 15.9 Å². The fraction of sp³-hybridized carbons (Fsp3) is 0.211. The van der Waals surface area contributed by atoms with Crippen LogP contribution < -0.4 is 5.32 Å². The van der Waals surface area contributed by atoms with Crippen molar-refractivity contribution in [3.05, 3.63) is 73.7 Å². The van der Waals surface area contributed by atoms with Crippen LogP contribution in [0.25, 0.3) is 0 Å². The van der Waals surface area contributed by atoms with Crippen LogP contribution in [0.4, 0.5) is 5.69 Å². The number of halogens is 1. The maximum atomic E-state index is 12.4. The van der Waals surface area contributed by atoms with Crippen molar-refractivity contribution in [3.63, 3.8) is 0 Å². The van der Waals surface area contributed by atoms with Crippen LogP contribution in [0, 0.1) is 10.1 Å². The predicted molar refractivity (Wildman–Crippen MR) is 104 cm³/mol. The molecule has 0 atom stereocenters. The topological polar surface area (TPSA) is 110 Å². The van der Waals surface area contributed by atoms with E-state index in [9.17, 15) is 24.5 Å². The van der Waals surface area contributed by atoms with E-state index in [0.29, 0.717) is 27.6 Å². The monoisotopic (exact) mass is 445 g/mol. The van der Waals surface area contributed by atoms with E-state index in [0.717, 1.165) is 4.90 Å². The molecule has 1 aliphatic heterocycles. The van der Waals surface area contributed by atoms with Crippen LogP contribution in [-0.2, 0) is 11.3 Å². The average Bonchev–Trinajstić information content (AvgIpc) is 2.90. The lowest BCUT2D eigenvalue weighted by atomic mass is 10.1. The van der Waals surface area contributed by atoms with Gasteiger partial charge >= 0.3 is 0 Å². The Morgan fingerprint density at radius 3 is 2.57 bits per heavy atom. The Kier molecular flexibility index (Phi) is 5.84. The van der Waals surface area contributed by atoms with Crippen LogP contribution in [0.5, 0.6) is 0 Å². The third-order valence-electron chi connectivity index (χ3n) is 4.38. The van der Waals surface area contributed by atoms with Gasteiger partial charge in [0, 0.05) is 35.6 Å². The maximum Gasteiger partial charge on any atom is 0.274 e. The third kappa shape index (κ3) is 4.09. The largest absolute Gasteiger partial charge is 0.352 e. The SMILES string of the molecule is O=C(CCCN1C(=O)c2ccc(Br)cc2C1=O)NCc1ccccc1[N+](=O)[O-]. The number of nitrogens with zero attached hydrogens (tertiary/aromatic N) is 2. The van der Waals surface area contributed by atoms with E-state index in [1.165, 1.54) is 6.07 Å². The minimum atomic E-state index is -0.498. The van der Waals surface area contributed by atoms with Gasteiger partial charge < -0.3 is 5.32 Å². The van der Waals surface area contributed by atoms with Gasteiger partial charge in [-0.1, -0.05) is 34.1 Å². The Morgan fingerprint density at radius 1 is 1.11 bits per heavy atom. The Labute approximate surface area is 168 Å². The molecule has 1 N–H and O–H groups in total. The van der Waals surface area contributed by atoms with Crippen LogP contribution in [0.15, 0.2) is 46.9 Å². The predicted octanol–water partition coefficient (Wildman–Crippen LogP) is 3.05. The fourth-order valence-electron chi connectivity index (χ4n) is 2.98. The molecule has 0 saturated carbocycles. The van der Waals surface area contributed by atoms with Crippen LogP contribution in [0.2, 0.25) is 0 Å². The number of nitro groups is 1. The zero-order valence-electron chi connectivity index (χ0n) is 14.7. The van der Waals surface area contributed by atoms with E-state index in [2.05, 4.69) is 21.2 Å². The summed E-state index contributed by atoms with van der Waals surface area (Å²) in [5, 5.41) is 13.6. The third-order valence-corrected chi connectivity index (χ3v) is 4.88. The summed E-state index contributed by atoms with van der Waals surface area (Å²) >= 11 is 3.28. The smallest absolute Gasteiger partial charge is 0.274 e. The maximum absolute atomic E-state index is 12.4. The number of hydrogen-bond acceptors (Lipinski definition) is 5. The molecule has 0 fully saturated rings. The van der Waals surface area contributed by atoms with Gasteiger partial charge in [-0.05, 0) is 24.6 Å². The number of benzene rings is 2. The van der Waals surface area contributed by atoms with Crippen molar-refractivity contribution >= 4 is 39.3 Å². The van der Waals surface area contributed by atoms with Crippen LogP contribution in [0.3, 0.4) is 0 Å². The number of imide groups is 1. The lowest BCUT2D eigenvalue weighted by molar-refractivity contribution is -0.385. The Balaban J connectivity index is 1.51. The van der Waals surface area contributed by atoms with Gasteiger partial charge in [0.25, 0.3) is 17.5 Å².